The number of anilines is 2. The predicted molar refractivity (Wildman–Crippen MR) is 77.3 cm³/mol. The third-order valence-electron chi connectivity index (χ3n) is 3.58. The van der Waals surface area contributed by atoms with Gasteiger partial charge >= 0.3 is 0 Å². The highest BCUT2D eigenvalue weighted by Gasteiger charge is 2.25. The fourth-order valence-electron chi connectivity index (χ4n) is 2.60. The van der Waals surface area contributed by atoms with Gasteiger partial charge < -0.3 is 11.1 Å². The largest absolute Gasteiger partial charge is 0.396 e. The van der Waals surface area contributed by atoms with Gasteiger partial charge in [-0.25, -0.2) is 4.39 Å². The second-order valence-corrected chi connectivity index (χ2v) is 5.44. The van der Waals surface area contributed by atoms with Crippen LogP contribution in [0.15, 0.2) is 24.4 Å². The Kier molecular flexibility index (Phi) is 3.19. The van der Waals surface area contributed by atoms with Gasteiger partial charge in [-0.2, -0.15) is 0 Å². The molecule has 1 fully saturated rings. The van der Waals surface area contributed by atoms with Crippen molar-refractivity contribution in [3.05, 3.63) is 29.4 Å². The third kappa shape index (κ3) is 2.45. The fourth-order valence-corrected chi connectivity index (χ4v) is 2.78. The number of rotatable bonds is 2. The average molecular weight is 280 g/mol. The number of nitrogens with one attached hydrogen (secondary N) is 1. The minimum Gasteiger partial charge on any atom is -0.396 e. The van der Waals surface area contributed by atoms with Crippen molar-refractivity contribution in [3.63, 3.8) is 0 Å². The first kappa shape index (κ1) is 12.5. The zero-order chi connectivity index (χ0) is 13.4. The summed E-state index contributed by atoms with van der Waals surface area (Å²) < 4.78 is 13.3. The van der Waals surface area contributed by atoms with Crippen molar-refractivity contribution >= 4 is 33.9 Å². The Morgan fingerprint density at radius 3 is 2.95 bits per heavy atom. The molecular weight excluding hydrogens is 265 g/mol. The number of aromatic nitrogens is 1. The number of pyridine rings is 1. The van der Waals surface area contributed by atoms with Crippen LogP contribution >= 0.6 is 11.6 Å². The lowest BCUT2D eigenvalue weighted by molar-refractivity contribution is 0.341. The van der Waals surface area contributed by atoms with Gasteiger partial charge in [0.1, 0.15) is 6.17 Å². The molecule has 0 amide bonds. The van der Waals surface area contributed by atoms with Crippen molar-refractivity contribution in [2.24, 2.45) is 0 Å². The molecule has 1 saturated carbocycles. The Morgan fingerprint density at radius 1 is 1.37 bits per heavy atom. The fraction of sp³-hybridized carbons (Fsp3) is 0.357. The van der Waals surface area contributed by atoms with Crippen molar-refractivity contribution in [2.45, 2.75) is 31.5 Å². The molecule has 1 heterocycles. The van der Waals surface area contributed by atoms with E-state index in [0.29, 0.717) is 23.6 Å². The number of benzene rings is 1. The van der Waals surface area contributed by atoms with Gasteiger partial charge in [0, 0.05) is 16.5 Å². The number of alkyl halides is 1. The molecule has 0 unspecified atom stereocenters. The summed E-state index contributed by atoms with van der Waals surface area (Å²) in [7, 11) is 0. The molecule has 3 rings (SSSR count). The lowest BCUT2D eigenvalue weighted by Gasteiger charge is -2.17. The van der Waals surface area contributed by atoms with Crippen LogP contribution in [-0.2, 0) is 0 Å². The van der Waals surface area contributed by atoms with Crippen LogP contribution in [0, 0.1) is 0 Å². The Balaban J connectivity index is 2.01. The molecule has 2 aromatic rings. The van der Waals surface area contributed by atoms with Gasteiger partial charge in [0.25, 0.3) is 0 Å². The molecule has 2 atom stereocenters. The average Bonchev–Trinajstić information content (AvgIpc) is 2.79. The maximum atomic E-state index is 13.3. The summed E-state index contributed by atoms with van der Waals surface area (Å²) >= 11 is 6.03. The number of halogens is 2. The molecule has 0 saturated heterocycles. The van der Waals surface area contributed by atoms with Gasteiger partial charge in [-0.15, -0.1) is 0 Å². The smallest absolute Gasteiger partial charge is 0.102 e. The van der Waals surface area contributed by atoms with Gasteiger partial charge in [-0.1, -0.05) is 11.6 Å². The molecule has 100 valence electrons. The molecule has 1 aromatic carbocycles. The van der Waals surface area contributed by atoms with Crippen LogP contribution in [0.5, 0.6) is 0 Å². The van der Waals surface area contributed by atoms with E-state index in [9.17, 15) is 4.39 Å². The van der Waals surface area contributed by atoms with Gasteiger partial charge in [-0.05, 0) is 37.5 Å². The number of nitrogens with zero attached hydrogens (tertiary/aromatic N) is 1. The topological polar surface area (TPSA) is 50.9 Å². The zero-order valence-electron chi connectivity index (χ0n) is 10.4. The SMILES string of the molecule is Nc1cnc2ccc(Cl)cc2c1N[C@H]1CC[C@@H](F)C1. The normalized spacial score (nSPS) is 22.8. The highest BCUT2D eigenvalue weighted by Crippen LogP contribution is 2.33. The summed E-state index contributed by atoms with van der Waals surface area (Å²) in [4.78, 5) is 4.27. The summed E-state index contributed by atoms with van der Waals surface area (Å²) in [6.07, 6.45) is 2.88. The Hall–Kier alpha value is -1.55. The van der Waals surface area contributed by atoms with Crippen LogP contribution < -0.4 is 11.1 Å². The first-order valence-corrected chi connectivity index (χ1v) is 6.75. The number of hydrogen-bond donors (Lipinski definition) is 2. The highest BCUT2D eigenvalue weighted by molar-refractivity contribution is 6.31. The highest BCUT2D eigenvalue weighted by atomic mass is 35.5. The van der Waals surface area contributed by atoms with Crippen molar-refractivity contribution in [2.75, 3.05) is 11.1 Å². The lowest BCUT2D eigenvalue weighted by atomic mass is 10.1. The number of hydrogen-bond acceptors (Lipinski definition) is 3. The third-order valence-corrected chi connectivity index (χ3v) is 3.81. The molecule has 0 aliphatic heterocycles. The molecule has 5 heteroatoms. The molecule has 3 N–H and O–H groups in total. The van der Waals surface area contributed by atoms with Crippen molar-refractivity contribution < 1.29 is 4.39 Å². The first-order chi connectivity index (χ1) is 9.13. The van der Waals surface area contributed by atoms with Gasteiger partial charge in [0.2, 0.25) is 0 Å². The molecule has 1 aliphatic rings. The van der Waals surface area contributed by atoms with Gasteiger partial charge in [-0.3, -0.25) is 4.98 Å². The number of fused-ring (bicyclic) bond motifs is 1. The van der Waals surface area contributed by atoms with Crippen molar-refractivity contribution in [3.8, 4) is 0 Å². The summed E-state index contributed by atoms with van der Waals surface area (Å²) in [5.74, 6) is 0. The molecule has 1 aromatic heterocycles. The molecular formula is C14H15ClFN3. The van der Waals surface area contributed by atoms with Crippen LogP contribution in [0.4, 0.5) is 15.8 Å². The molecule has 0 spiro atoms. The van der Waals surface area contributed by atoms with E-state index in [1.807, 2.05) is 12.1 Å². The molecule has 1 aliphatic carbocycles. The quantitative estimate of drug-likeness (QED) is 0.880. The summed E-state index contributed by atoms with van der Waals surface area (Å²) in [6, 6.07) is 5.62. The monoisotopic (exact) mass is 279 g/mol. The second kappa shape index (κ2) is 4.85. The Bertz CT molecular complexity index is 612. The van der Waals surface area contributed by atoms with Gasteiger partial charge in [0.15, 0.2) is 0 Å². The van der Waals surface area contributed by atoms with Gasteiger partial charge in [0.05, 0.1) is 23.1 Å². The maximum Gasteiger partial charge on any atom is 0.102 e. The van der Waals surface area contributed by atoms with E-state index in [1.165, 1.54) is 0 Å². The molecule has 0 bridgehead atoms. The van der Waals surface area contributed by atoms with E-state index in [0.717, 1.165) is 23.0 Å². The minimum atomic E-state index is -0.713. The Labute approximate surface area is 116 Å². The predicted octanol–water partition coefficient (Wildman–Crippen LogP) is 3.77. The minimum absolute atomic E-state index is 0.127. The van der Waals surface area contributed by atoms with E-state index >= 15 is 0 Å². The summed E-state index contributed by atoms with van der Waals surface area (Å²) in [5, 5.41) is 4.87. The van der Waals surface area contributed by atoms with Crippen LogP contribution in [0.1, 0.15) is 19.3 Å². The van der Waals surface area contributed by atoms with E-state index in [4.69, 9.17) is 17.3 Å². The number of nitrogens with two attached hydrogens (primary N) is 1. The zero-order valence-corrected chi connectivity index (χ0v) is 11.1. The van der Waals surface area contributed by atoms with Crippen LogP contribution in [0.25, 0.3) is 10.9 Å². The summed E-state index contributed by atoms with van der Waals surface area (Å²) in [5.41, 5.74) is 8.20. The van der Waals surface area contributed by atoms with Crippen LogP contribution in [0.2, 0.25) is 5.02 Å². The van der Waals surface area contributed by atoms with E-state index in [2.05, 4.69) is 10.3 Å². The molecule has 19 heavy (non-hydrogen) atoms. The van der Waals surface area contributed by atoms with Crippen molar-refractivity contribution in [1.29, 1.82) is 0 Å². The van der Waals surface area contributed by atoms with Crippen molar-refractivity contribution in [1.82, 2.24) is 4.98 Å². The van der Waals surface area contributed by atoms with E-state index in [-0.39, 0.29) is 6.04 Å². The first-order valence-electron chi connectivity index (χ1n) is 6.38. The second-order valence-electron chi connectivity index (χ2n) is 5.00. The van der Waals surface area contributed by atoms with E-state index < -0.39 is 6.17 Å². The maximum absolute atomic E-state index is 13.3. The molecule has 0 radical (unpaired) electrons. The van der Waals surface area contributed by atoms with Crippen LogP contribution in [0.3, 0.4) is 0 Å². The summed E-state index contributed by atoms with van der Waals surface area (Å²) in [6.45, 7) is 0. The van der Waals surface area contributed by atoms with E-state index in [1.54, 1.807) is 12.3 Å². The Morgan fingerprint density at radius 2 is 2.21 bits per heavy atom. The van der Waals surface area contributed by atoms with Crippen LogP contribution in [-0.4, -0.2) is 17.2 Å². The standard InChI is InChI=1S/C14H15ClFN3/c15-8-1-4-13-11(5-8)14(12(17)7-18-13)19-10-3-2-9(16)6-10/h1,4-5,7,9-10H,2-3,6,17H2,(H,18,19)/t9-,10+/m1/s1. The number of nitrogen functional groups attached to an aromatic ring is 1. The molecule has 3 nitrogen and oxygen atoms in total. The lowest BCUT2D eigenvalue weighted by Crippen LogP contribution is -2.17.